The van der Waals surface area contributed by atoms with Crippen LogP contribution in [0.25, 0.3) is 0 Å². The van der Waals surface area contributed by atoms with Gasteiger partial charge >= 0.3 is 0 Å². The summed E-state index contributed by atoms with van der Waals surface area (Å²) < 4.78 is 44.6. The highest BCUT2D eigenvalue weighted by Crippen LogP contribution is 2.23. The summed E-state index contributed by atoms with van der Waals surface area (Å²) in [5, 5.41) is 0. The lowest BCUT2D eigenvalue weighted by Gasteiger charge is -2.10. The van der Waals surface area contributed by atoms with Crippen LogP contribution < -0.4 is 15.0 Å². The number of aromatic nitrogens is 1. The number of aromatic amines is 1. The van der Waals surface area contributed by atoms with E-state index < -0.39 is 21.4 Å². The molecule has 106 valence electrons. The van der Waals surface area contributed by atoms with E-state index in [0.717, 1.165) is 24.4 Å². The SMILES string of the molecule is COc1ccc(F)c(NS(=O)(=O)c2ccc(=O)[nH]c2)c1. The lowest BCUT2D eigenvalue weighted by atomic mass is 10.3. The van der Waals surface area contributed by atoms with E-state index >= 15 is 0 Å². The Morgan fingerprint density at radius 3 is 2.60 bits per heavy atom. The molecular weight excluding hydrogens is 287 g/mol. The molecular formula is C12H11FN2O4S. The Hall–Kier alpha value is -2.35. The molecule has 0 atom stereocenters. The van der Waals surface area contributed by atoms with Gasteiger partial charge in [0.2, 0.25) is 5.56 Å². The van der Waals surface area contributed by atoms with Crippen LogP contribution in [0.5, 0.6) is 5.75 Å². The van der Waals surface area contributed by atoms with Crippen LogP contribution in [0.15, 0.2) is 46.2 Å². The highest BCUT2D eigenvalue weighted by Gasteiger charge is 2.16. The number of hydrogen-bond donors (Lipinski definition) is 2. The second-order valence-electron chi connectivity index (χ2n) is 3.84. The Morgan fingerprint density at radius 2 is 2.00 bits per heavy atom. The van der Waals surface area contributed by atoms with Crippen LogP contribution in [0.1, 0.15) is 0 Å². The largest absolute Gasteiger partial charge is 0.497 e. The van der Waals surface area contributed by atoms with Crippen molar-refractivity contribution in [1.82, 2.24) is 4.98 Å². The third-order valence-corrected chi connectivity index (χ3v) is 3.85. The van der Waals surface area contributed by atoms with Gasteiger partial charge in [0, 0.05) is 18.3 Å². The zero-order valence-electron chi connectivity index (χ0n) is 10.4. The molecule has 1 aromatic heterocycles. The predicted octanol–water partition coefficient (Wildman–Crippen LogP) is 1.32. The van der Waals surface area contributed by atoms with Crippen molar-refractivity contribution in [3.8, 4) is 5.75 Å². The summed E-state index contributed by atoms with van der Waals surface area (Å²) in [4.78, 5) is 13.0. The molecule has 0 radical (unpaired) electrons. The lowest BCUT2D eigenvalue weighted by molar-refractivity contribution is 0.414. The number of benzene rings is 1. The molecule has 6 nitrogen and oxygen atoms in total. The normalized spacial score (nSPS) is 11.1. The number of H-pyrrole nitrogens is 1. The van der Waals surface area contributed by atoms with Crippen LogP contribution in [-0.4, -0.2) is 20.5 Å². The number of nitrogens with one attached hydrogen (secondary N) is 2. The fourth-order valence-corrected chi connectivity index (χ4v) is 2.50. The molecule has 0 saturated carbocycles. The number of methoxy groups -OCH3 is 1. The summed E-state index contributed by atoms with van der Waals surface area (Å²) >= 11 is 0. The molecule has 0 aliphatic heterocycles. The Balaban J connectivity index is 2.37. The van der Waals surface area contributed by atoms with Gasteiger partial charge in [-0.25, -0.2) is 12.8 Å². The molecule has 2 rings (SSSR count). The van der Waals surface area contributed by atoms with Crippen molar-refractivity contribution in [3.05, 3.63) is 52.7 Å². The highest BCUT2D eigenvalue weighted by molar-refractivity contribution is 7.92. The number of ether oxygens (including phenoxy) is 1. The zero-order valence-corrected chi connectivity index (χ0v) is 11.2. The van der Waals surface area contributed by atoms with Gasteiger partial charge in [-0.1, -0.05) is 0 Å². The van der Waals surface area contributed by atoms with Crippen molar-refractivity contribution in [3.63, 3.8) is 0 Å². The van der Waals surface area contributed by atoms with Crippen molar-refractivity contribution in [2.45, 2.75) is 4.90 Å². The predicted molar refractivity (Wildman–Crippen MR) is 70.8 cm³/mol. The Labute approximate surface area is 114 Å². The minimum atomic E-state index is -3.99. The van der Waals surface area contributed by atoms with E-state index in [0.29, 0.717) is 5.75 Å². The van der Waals surface area contributed by atoms with Crippen LogP contribution in [0.3, 0.4) is 0 Å². The van der Waals surface area contributed by atoms with E-state index in [2.05, 4.69) is 9.71 Å². The molecule has 1 heterocycles. The van der Waals surface area contributed by atoms with Crippen molar-refractivity contribution in [1.29, 1.82) is 0 Å². The van der Waals surface area contributed by atoms with Crippen LogP contribution in [0.2, 0.25) is 0 Å². The minimum Gasteiger partial charge on any atom is -0.497 e. The average molecular weight is 298 g/mol. The summed E-state index contributed by atoms with van der Waals surface area (Å²) in [5.74, 6) is -0.427. The van der Waals surface area contributed by atoms with Crippen LogP contribution in [0.4, 0.5) is 10.1 Å². The third-order valence-electron chi connectivity index (χ3n) is 2.48. The summed E-state index contributed by atoms with van der Waals surface area (Å²) in [6.07, 6.45) is 1.03. The van der Waals surface area contributed by atoms with Gasteiger partial charge in [-0.3, -0.25) is 9.52 Å². The smallest absolute Gasteiger partial charge is 0.263 e. The summed E-state index contributed by atoms with van der Waals surface area (Å²) in [6, 6.07) is 5.87. The van der Waals surface area contributed by atoms with E-state index in [9.17, 15) is 17.6 Å². The maximum atomic E-state index is 13.6. The van der Waals surface area contributed by atoms with Crippen molar-refractivity contribution < 1.29 is 17.5 Å². The maximum Gasteiger partial charge on any atom is 0.263 e. The molecule has 0 fully saturated rings. The molecule has 0 amide bonds. The van der Waals surface area contributed by atoms with Crippen LogP contribution >= 0.6 is 0 Å². The van der Waals surface area contributed by atoms with Gasteiger partial charge in [-0.2, -0.15) is 0 Å². The fourth-order valence-electron chi connectivity index (χ4n) is 1.48. The highest BCUT2D eigenvalue weighted by atomic mass is 32.2. The van der Waals surface area contributed by atoms with Gasteiger partial charge in [-0.05, 0) is 18.2 Å². The molecule has 0 unspecified atom stereocenters. The first-order valence-corrected chi connectivity index (χ1v) is 6.96. The minimum absolute atomic E-state index is 0.181. The van der Waals surface area contributed by atoms with Crippen molar-refractivity contribution in [2.24, 2.45) is 0 Å². The lowest BCUT2D eigenvalue weighted by Crippen LogP contribution is -2.16. The Bertz CT molecular complexity index is 766. The van der Waals surface area contributed by atoms with Crippen molar-refractivity contribution in [2.75, 3.05) is 11.8 Å². The second-order valence-corrected chi connectivity index (χ2v) is 5.52. The van der Waals surface area contributed by atoms with Crippen molar-refractivity contribution >= 4 is 15.7 Å². The number of rotatable bonds is 4. The summed E-state index contributed by atoms with van der Waals surface area (Å²) in [7, 11) is -2.61. The monoisotopic (exact) mass is 298 g/mol. The summed E-state index contributed by atoms with van der Waals surface area (Å²) in [5.41, 5.74) is -0.674. The number of hydrogen-bond acceptors (Lipinski definition) is 4. The molecule has 0 aliphatic carbocycles. The molecule has 0 spiro atoms. The topological polar surface area (TPSA) is 88.3 Å². The summed E-state index contributed by atoms with van der Waals surface area (Å²) in [6.45, 7) is 0. The molecule has 0 saturated heterocycles. The van der Waals surface area contributed by atoms with Gasteiger partial charge in [-0.15, -0.1) is 0 Å². The van der Waals surface area contributed by atoms with E-state index in [4.69, 9.17) is 4.74 Å². The Morgan fingerprint density at radius 1 is 1.25 bits per heavy atom. The first kappa shape index (κ1) is 14.1. The second kappa shape index (κ2) is 5.33. The standard InChI is InChI=1S/C12H11FN2O4S/c1-19-8-2-4-10(13)11(6-8)15-20(17,18)9-3-5-12(16)14-7-9/h2-7,15H,1H3,(H,14,16). The molecule has 20 heavy (non-hydrogen) atoms. The maximum absolute atomic E-state index is 13.6. The first-order valence-electron chi connectivity index (χ1n) is 5.47. The fraction of sp³-hybridized carbons (Fsp3) is 0.0833. The van der Waals surface area contributed by atoms with Crippen LogP contribution in [0, 0.1) is 5.82 Å². The van der Waals surface area contributed by atoms with Gasteiger partial charge in [0.25, 0.3) is 10.0 Å². The van der Waals surface area contributed by atoms with E-state index in [1.807, 2.05) is 0 Å². The van der Waals surface area contributed by atoms with E-state index in [-0.39, 0.29) is 10.6 Å². The number of pyridine rings is 1. The molecule has 0 aliphatic rings. The van der Waals surface area contributed by atoms with Gasteiger partial charge in [0.1, 0.15) is 16.5 Å². The van der Waals surface area contributed by atoms with Gasteiger partial charge in [0.05, 0.1) is 12.8 Å². The third kappa shape index (κ3) is 2.97. The number of anilines is 1. The quantitative estimate of drug-likeness (QED) is 0.891. The first-order chi connectivity index (χ1) is 9.42. The van der Waals surface area contributed by atoms with E-state index in [1.54, 1.807) is 0 Å². The number of halogens is 1. The molecule has 2 N–H and O–H groups in total. The average Bonchev–Trinajstić information content (AvgIpc) is 2.41. The molecule has 8 heteroatoms. The Kier molecular flexibility index (Phi) is 3.75. The van der Waals surface area contributed by atoms with Gasteiger partial charge < -0.3 is 9.72 Å². The molecule has 2 aromatic rings. The molecule has 0 bridgehead atoms. The van der Waals surface area contributed by atoms with Gasteiger partial charge in [0.15, 0.2) is 0 Å². The molecule has 1 aromatic carbocycles. The number of sulfonamides is 1. The van der Waals surface area contributed by atoms with E-state index in [1.165, 1.54) is 19.2 Å². The van der Waals surface area contributed by atoms with Crippen LogP contribution in [-0.2, 0) is 10.0 Å². The zero-order chi connectivity index (χ0) is 14.8.